The van der Waals surface area contributed by atoms with Crippen molar-refractivity contribution in [3.63, 3.8) is 0 Å². The fourth-order valence-electron chi connectivity index (χ4n) is 1.23. The summed E-state index contributed by atoms with van der Waals surface area (Å²) in [6.45, 7) is 5.17. The van der Waals surface area contributed by atoms with Gasteiger partial charge in [-0.2, -0.15) is 0 Å². The third-order valence-corrected chi connectivity index (χ3v) is 2.01. The molecule has 0 bridgehead atoms. The van der Waals surface area contributed by atoms with Gasteiger partial charge in [-0.25, -0.2) is 0 Å². The van der Waals surface area contributed by atoms with Gasteiger partial charge in [0.25, 0.3) is 11.2 Å². The molecule has 76 valence electrons. The molecular weight excluding hydrogens is 184 g/mol. The van der Waals surface area contributed by atoms with Gasteiger partial charge in [0.05, 0.1) is 11.1 Å². The zero-order chi connectivity index (χ0) is 10.9. The number of nitrogens with zero attached hydrogens (tertiary/aromatic N) is 2. The lowest BCUT2D eigenvalue weighted by molar-refractivity contribution is -0.386. The summed E-state index contributed by atoms with van der Waals surface area (Å²) in [7, 11) is 0. The molecule has 0 aliphatic rings. The Morgan fingerprint density at radius 1 is 1.50 bits per heavy atom. The maximum Gasteiger partial charge on any atom is 0.288 e. The van der Waals surface area contributed by atoms with Crippen LogP contribution < -0.4 is 5.56 Å². The van der Waals surface area contributed by atoms with Crippen molar-refractivity contribution in [3.05, 3.63) is 38.3 Å². The molecule has 0 amide bonds. The summed E-state index contributed by atoms with van der Waals surface area (Å²) >= 11 is 0. The summed E-state index contributed by atoms with van der Waals surface area (Å²) < 4.78 is 1.35. The topological polar surface area (TPSA) is 65.1 Å². The highest BCUT2D eigenvalue weighted by molar-refractivity contribution is 5.35. The summed E-state index contributed by atoms with van der Waals surface area (Å²) in [6, 6.07) is 1.22. The number of hydrogen-bond acceptors (Lipinski definition) is 3. The molecule has 5 heteroatoms. The Kier molecular flexibility index (Phi) is 2.69. The van der Waals surface area contributed by atoms with Crippen LogP contribution in [0.4, 0.5) is 5.69 Å². The molecule has 5 nitrogen and oxygen atoms in total. The number of hydrogen-bond donors (Lipinski definition) is 0. The fourth-order valence-corrected chi connectivity index (χ4v) is 1.23. The number of aryl methyl sites for hydroxylation is 1. The monoisotopic (exact) mass is 196 g/mol. The summed E-state index contributed by atoms with van der Waals surface area (Å²) in [5, 5.41) is 10.6. The van der Waals surface area contributed by atoms with Crippen molar-refractivity contribution in [2.24, 2.45) is 0 Å². The SMILES string of the molecule is Cc1cc(=O)n(C(C)C)cc1[N+](=O)[O-]. The minimum atomic E-state index is -0.479. The van der Waals surface area contributed by atoms with Gasteiger partial charge >= 0.3 is 0 Å². The molecule has 0 fully saturated rings. The summed E-state index contributed by atoms with van der Waals surface area (Å²) in [6.07, 6.45) is 1.29. The van der Waals surface area contributed by atoms with E-state index < -0.39 is 4.92 Å². The molecule has 1 aromatic rings. The molecule has 0 saturated heterocycles. The first-order chi connectivity index (χ1) is 6.43. The molecular formula is C9H12N2O3. The van der Waals surface area contributed by atoms with Crippen LogP contribution in [0.15, 0.2) is 17.1 Å². The first kappa shape index (κ1) is 10.4. The van der Waals surface area contributed by atoms with E-state index in [1.807, 2.05) is 0 Å². The molecule has 0 saturated carbocycles. The van der Waals surface area contributed by atoms with Crippen molar-refractivity contribution in [1.29, 1.82) is 0 Å². The molecule has 1 rings (SSSR count). The van der Waals surface area contributed by atoms with E-state index in [0.717, 1.165) is 0 Å². The Labute approximate surface area is 81.1 Å². The Balaban J connectivity index is 3.42. The molecule has 0 unspecified atom stereocenters. The third-order valence-electron chi connectivity index (χ3n) is 2.01. The second-order valence-corrected chi connectivity index (χ2v) is 3.44. The van der Waals surface area contributed by atoms with Gasteiger partial charge in [-0.3, -0.25) is 14.9 Å². The standard InChI is InChI=1S/C9H12N2O3/c1-6(2)10-5-8(11(13)14)7(3)4-9(10)12/h4-6H,1-3H3. The van der Waals surface area contributed by atoms with E-state index in [1.165, 1.54) is 16.8 Å². The molecule has 0 atom stereocenters. The molecule has 0 spiro atoms. The summed E-state index contributed by atoms with van der Waals surface area (Å²) in [4.78, 5) is 21.5. The highest BCUT2D eigenvalue weighted by Gasteiger charge is 2.14. The van der Waals surface area contributed by atoms with E-state index in [0.29, 0.717) is 5.56 Å². The second-order valence-electron chi connectivity index (χ2n) is 3.44. The Hall–Kier alpha value is -1.65. The normalized spacial score (nSPS) is 10.6. The molecule has 0 aliphatic heterocycles. The Morgan fingerprint density at radius 3 is 2.50 bits per heavy atom. The van der Waals surface area contributed by atoms with Crippen molar-refractivity contribution in [3.8, 4) is 0 Å². The fraction of sp³-hybridized carbons (Fsp3) is 0.444. The zero-order valence-electron chi connectivity index (χ0n) is 8.35. The van der Waals surface area contributed by atoms with Crippen LogP contribution in [0.3, 0.4) is 0 Å². The van der Waals surface area contributed by atoms with Crippen LogP contribution >= 0.6 is 0 Å². The van der Waals surface area contributed by atoms with Crippen LogP contribution in [-0.4, -0.2) is 9.49 Å². The van der Waals surface area contributed by atoms with Gasteiger partial charge in [-0.05, 0) is 20.8 Å². The lowest BCUT2D eigenvalue weighted by atomic mass is 10.2. The minimum absolute atomic E-state index is 0.0155. The average Bonchev–Trinajstić information content (AvgIpc) is 2.02. The number of rotatable bonds is 2. The average molecular weight is 196 g/mol. The maximum absolute atomic E-state index is 11.4. The van der Waals surface area contributed by atoms with E-state index in [4.69, 9.17) is 0 Å². The van der Waals surface area contributed by atoms with Gasteiger partial charge in [0.2, 0.25) is 0 Å². The van der Waals surface area contributed by atoms with Crippen LogP contribution in [0.2, 0.25) is 0 Å². The molecule has 0 N–H and O–H groups in total. The second kappa shape index (κ2) is 3.61. The van der Waals surface area contributed by atoms with E-state index in [2.05, 4.69) is 0 Å². The quantitative estimate of drug-likeness (QED) is 0.533. The van der Waals surface area contributed by atoms with E-state index >= 15 is 0 Å². The molecule has 1 heterocycles. The largest absolute Gasteiger partial charge is 0.306 e. The number of aromatic nitrogens is 1. The third kappa shape index (κ3) is 1.81. The molecule has 0 radical (unpaired) electrons. The van der Waals surface area contributed by atoms with Gasteiger partial charge in [-0.15, -0.1) is 0 Å². The summed E-state index contributed by atoms with van der Waals surface area (Å²) in [5.41, 5.74) is 0.179. The highest BCUT2D eigenvalue weighted by atomic mass is 16.6. The van der Waals surface area contributed by atoms with Crippen LogP contribution in [0, 0.1) is 17.0 Å². The molecule has 0 aromatic carbocycles. The van der Waals surface area contributed by atoms with Crippen molar-refractivity contribution >= 4 is 5.69 Å². The van der Waals surface area contributed by atoms with Gasteiger partial charge in [-0.1, -0.05) is 0 Å². The number of pyridine rings is 1. The Bertz CT molecular complexity index is 421. The van der Waals surface area contributed by atoms with Crippen molar-refractivity contribution in [1.82, 2.24) is 4.57 Å². The lowest BCUT2D eigenvalue weighted by Crippen LogP contribution is -2.21. The predicted octanol–water partition coefficient (Wildman–Crippen LogP) is 1.65. The Morgan fingerprint density at radius 2 is 2.07 bits per heavy atom. The number of nitro groups is 1. The van der Waals surface area contributed by atoms with Gasteiger partial charge < -0.3 is 4.57 Å². The lowest BCUT2D eigenvalue weighted by Gasteiger charge is -2.09. The molecule has 1 aromatic heterocycles. The predicted molar refractivity (Wildman–Crippen MR) is 52.5 cm³/mol. The van der Waals surface area contributed by atoms with Crippen LogP contribution in [-0.2, 0) is 0 Å². The first-order valence-corrected chi connectivity index (χ1v) is 4.30. The first-order valence-electron chi connectivity index (χ1n) is 4.30. The summed E-state index contributed by atoms with van der Waals surface area (Å²) in [5.74, 6) is 0. The van der Waals surface area contributed by atoms with E-state index in [-0.39, 0.29) is 17.3 Å². The molecule has 0 aliphatic carbocycles. The van der Waals surface area contributed by atoms with Crippen molar-refractivity contribution < 1.29 is 4.92 Å². The van der Waals surface area contributed by atoms with Gasteiger partial charge in [0, 0.05) is 17.7 Å². The van der Waals surface area contributed by atoms with Gasteiger partial charge in [0.15, 0.2) is 0 Å². The van der Waals surface area contributed by atoms with E-state index in [9.17, 15) is 14.9 Å². The van der Waals surface area contributed by atoms with Crippen LogP contribution in [0.5, 0.6) is 0 Å². The van der Waals surface area contributed by atoms with Crippen LogP contribution in [0.1, 0.15) is 25.5 Å². The molecule has 14 heavy (non-hydrogen) atoms. The smallest absolute Gasteiger partial charge is 0.288 e. The highest BCUT2D eigenvalue weighted by Crippen LogP contribution is 2.15. The van der Waals surface area contributed by atoms with E-state index in [1.54, 1.807) is 20.8 Å². The maximum atomic E-state index is 11.4. The van der Waals surface area contributed by atoms with Crippen molar-refractivity contribution in [2.75, 3.05) is 0 Å². The van der Waals surface area contributed by atoms with Crippen molar-refractivity contribution in [2.45, 2.75) is 26.8 Å². The van der Waals surface area contributed by atoms with Crippen LogP contribution in [0.25, 0.3) is 0 Å². The minimum Gasteiger partial charge on any atom is -0.306 e. The van der Waals surface area contributed by atoms with Gasteiger partial charge in [0.1, 0.15) is 0 Å². The zero-order valence-corrected chi connectivity index (χ0v) is 8.35.